The number of nitrogens with two attached hydrogens (primary N) is 1. The molecular weight excluding hydrogens is 312 g/mol. The molecule has 0 amide bonds. The lowest BCUT2D eigenvalue weighted by atomic mass is 10.00. The minimum Gasteiger partial charge on any atom is -0.354 e. The van der Waals surface area contributed by atoms with E-state index in [2.05, 4.69) is 48.5 Å². The highest BCUT2D eigenvalue weighted by Crippen LogP contribution is 2.35. The number of benzene rings is 1. The van der Waals surface area contributed by atoms with E-state index in [-0.39, 0.29) is 0 Å². The van der Waals surface area contributed by atoms with Gasteiger partial charge in [0.2, 0.25) is 0 Å². The lowest BCUT2D eigenvalue weighted by molar-refractivity contribution is 0.748. The first-order chi connectivity index (χ1) is 11.7. The second-order valence-corrected chi connectivity index (χ2v) is 7.61. The van der Waals surface area contributed by atoms with Crippen LogP contribution in [0, 0.1) is 6.92 Å². The zero-order valence-electron chi connectivity index (χ0n) is 14.8. The molecule has 2 heterocycles. The molecule has 2 aromatic heterocycles. The fourth-order valence-corrected chi connectivity index (χ4v) is 4.24. The summed E-state index contributed by atoms with van der Waals surface area (Å²) in [5.41, 5.74) is 12.5. The van der Waals surface area contributed by atoms with Crippen LogP contribution in [0.5, 0.6) is 0 Å². The summed E-state index contributed by atoms with van der Waals surface area (Å²) in [5.74, 6) is 0. The van der Waals surface area contributed by atoms with Crippen LogP contribution >= 0.6 is 11.3 Å². The summed E-state index contributed by atoms with van der Waals surface area (Å²) in [7, 11) is 0. The molecule has 3 N–H and O–H groups in total. The molecule has 0 aliphatic heterocycles. The van der Waals surface area contributed by atoms with Gasteiger partial charge in [-0.05, 0) is 85.8 Å². The summed E-state index contributed by atoms with van der Waals surface area (Å²) < 4.78 is 0. The number of aromatic nitrogens is 1. The van der Waals surface area contributed by atoms with E-state index in [1.54, 1.807) is 0 Å². The van der Waals surface area contributed by atoms with Crippen molar-refractivity contribution in [3.05, 3.63) is 46.3 Å². The number of hydrogen-bond acceptors (Lipinski definition) is 2. The van der Waals surface area contributed by atoms with Crippen LogP contribution < -0.4 is 5.73 Å². The average molecular weight is 341 g/mol. The van der Waals surface area contributed by atoms with Crippen LogP contribution in [0.2, 0.25) is 0 Å². The Morgan fingerprint density at radius 2 is 1.96 bits per heavy atom. The Morgan fingerprint density at radius 1 is 1.08 bits per heavy atom. The maximum atomic E-state index is 5.71. The van der Waals surface area contributed by atoms with E-state index in [0.717, 1.165) is 25.8 Å². The van der Waals surface area contributed by atoms with Crippen LogP contribution in [0.1, 0.15) is 49.3 Å². The Morgan fingerprint density at radius 3 is 2.67 bits per heavy atom. The number of aryl methyl sites for hydroxylation is 3. The molecule has 0 fully saturated rings. The number of fused-ring (bicyclic) bond motifs is 1. The Bertz CT molecular complexity index is 797. The van der Waals surface area contributed by atoms with Gasteiger partial charge in [0, 0.05) is 10.9 Å². The van der Waals surface area contributed by atoms with Gasteiger partial charge in [-0.2, -0.15) is 0 Å². The lowest BCUT2D eigenvalue weighted by Crippen LogP contribution is -1.99. The van der Waals surface area contributed by atoms with Gasteiger partial charge in [0.1, 0.15) is 0 Å². The summed E-state index contributed by atoms with van der Waals surface area (Å²) in [4.78, 5) is 5.03. The molecule has 128 valence electrons. The minimum atomic E-state index is 0.775. The quantitative estimate of drug-likeness (QED) is 0.498. The van der Waals surface area contributed by atoms with Gasteiger partial charge in [-0.1, -0.05) is 19.4 Å². The molecule has 0 aliphatic rings. The van der Waals surface area contributed by atoms with Crippen LogP contribution in [0.4, 0.5) is 0 Å². The molecule has 0 spiro atoms. The normalized spacial score (nSPS) is 11.5. The number of rotatable bonds is 8. The van der Waals surface area contributed by atoms with Crippen molar-refractivity contribution >= 4 is 22.2 Å². The number of aromatic amines is 1. The van der Waals surface area contributed by atoms with E-state index in [1.165, 1.54) is 57.4 Å². The van der Waals surface area contributed by atoms with Gasteiger partial charge in [0.05, 0.1) is 10.6 Å². The fraction of sp³-hybridized carbons (Fsp3) is 0.429. The highest BCUT2D eigenvalue weighted by molar-refractivity contribution is 7.13. The molecule has 3 rings (SSSR count). The number of nitrogens with one attached hydrogen (secondary N) is 1. The molecule has 3 heteroatoms. The Balaban J connectivity index is 2.03. The van der Waals surface area contributed by atoms with Crippen LogP contribution in [0.15, 0.2) is 29.6 Å². The maximum Gasteiger partial charge on any atom is 0.0598 e. The van der Waals surface area contributed by atoms with Crippen molar-refractivity contribution in [2.24, 2.45) is 5.73 Å². The molecule has 2 nitrogen and oxygen atoms in total. The SMILES string of the molecule is CCCCc1ccc2[nH]c(-c3cc(C)cs3)c(CCCCN)c2c1. The smallest absolute Gasteiger partial charge is 0.0598 e. The first-order valence-corrected chi connectivity index (χ1v) is 10.00. The van der Waals surface area contributed by atoms with Crippen molar-refractivity contribution in [3.8, 4) is 10.6 Å². The van der Waals surface area contributed by atoms with Gasteiger partial charge >= 0.3 is 0 Å². The third-order valence-electron chi connectivity index (χ3n) is 4.65. The first-order valence-electron chi connectivity index (χ1n) is 9.12. The second kappa shape index (κ2) is 8.00. The van der Waals surface area contributed by atoms with E-state index in [0.29, 0.717) is 0 Å². The monoisotopic (exact) mass is 340 g/mol. The van der Waals surface area contributed by atoms with Crippen molar-refractivity contribution < 1.29 is 0 Å². The topological polar surface area (TPSA) is 41.8 Å². The molecule has 0 bridgehead atoms. The highest BCUT2D eigenvalue weighted by atomic mass is 32.1. The zero-order chi connectivity index (χ0) is 16.9. The zero-order valence-corrected chi connectivity index (χ0v) is 15.6. The summed E-state index contributed by atoms with van der Waals surface area (Å²) in [6.07, 6.45) is 7.02. The first kappa shape index (κ1) is 17.2. The number of H-pyrrole nitrogens is 1. The van der Waals surface area contributed by atoms with Gasteiger partial charge in [0.25, 0.3) is 0 Å². The number of thiophene rings is 1. The molecule has 0 unspecified atom stereocenters. The summed E-state index contributed by atoms with van der Waals surface area (Å²) >= 11 is 1.83. The molecule has 0 atom stereocenters. The van der Waals surface area contributed by atoms with Crippen LogP contribution in [0.25, 0.3) is 21.5 Å². The van der Waals surface area contributed by atoms with Gasteiger partial charge in [0.15, 0.2) is 0 Å². The van der Waals surface area contributed by atoms with Crippen molar-refractivity contribution in [3.63, 3.8) is 0 Å². The van der Waals surface area contributed by atoms with Gasteiger partial charge in [-0.15, -0.1) is 11.3 Å². The lowest BCUT2D eigenvalue weighted by Gasteiger charge is -2.05. The number of unbranched alkanes of at least 4 members (excludes halogenated alkanes) is 2. The van der Waals surface area contributed by atoms with Crippen molar-refractivity contribution in [2.75, 3.05) is 6.54 Å². The van der Waals surface area contributed by atoms with E-state index in [9.17, 15) is 0 Å². The Kier molecular flexibility index (Phi) is 5.75. The average Bonchev–Trinajstić information content (AvgIpc) is 3.17. The molecule has 3 aromatic rings. The third-order valence-corrected chi connectivity index (χ3v) is 5.71. The summed E-state index contributed by atoms with van der Waals surface area (Å²) in [6, 6.07) is 9.24. The van der Waals surface area contributed by atoms with E-state index in [1.807, 2.05) is 11.3 Å². The van der Waals surface area contributed by atoms with Crippen molar-refractivity contribution in [1.82, 2.24) is 4.98 Å². The molecule has 0 saturated carbocycles. The predicted octanol–water partition coefficient (Wildman–Crippen LogP) is 5.83. The van der Waals surface area contributed by atoms with Crippen LogP contribution in [-0.2, 0) is 12.8 Å². The van der Waals surface area contributed by atoms with Crippen LogP contribution in [-0.4, -0.2) is 11.5 Å². The van der Waals surface area contributed by atoms with Gasteiger partial charge < -0.3 is 10.7 Å². The molecule has 24 heavy (non-hydrogen) atoms. The minimum absolute atomic E-state index is 0.775. The van der Waals surface area contributed by atoms with Crippen molar-refractivity contribution in [1.29, 1.82) is 0 Å². The van der Waals surface area contributed by atoms with Crippen molar-refractivity contribution in [2.45, 2.75) is 52.4 Å². The fourth-order valence-electron chi connectivity index (χ4n) is 3.31. The van der Waals surface area contributed by atoms with E-state index < -0.39 is 0 Å². The van der Waals surface area contributed by atoms with E-state index in [4.69, 9.17) is 5.73 Å². The Hall–Kier alpha value is -1.58. The highest BCUT2D eigenvalue weighted by Gasteiger charge is 2.14. The summed E-state index contributed by atoms with van der Waals surface area (Å²) in [6.45, 7) is 5.20. The molecule has 1 aromatic carbocycles. The molecule has 0 saturated heterocycles. The molecule has 0 radical (unpaired) electrons. The number of hydrogen-bond donors (Lipinski definition) is 2. The molecule has 0 aliphatic carbocycles. The third kappa shape index (κ3) is 3.73. The standard InChI is InChI=1S/C21H28N2S/c1-3-4-7-16-9-10-19-18(13-16)17(8-5-6-11-22)21(23-19)20-12-15(2)14-24-20/h9-10,12-14,23H,3-8,11,22H2,1-2H3. The second-order valence-electron chi connectivity index (χ2n) is 6.70. The largest absolute Gasteiger partial charge is 0.354 e. The van der Waals surface area contributed by atoms with Gasteiger partial charge in [-0.25, -0.2) is 0 Å². The Labute approximate surface area is 149 Å². The summed E-state index contributed by atoms with van der Waals surface area (Å²) in [5, 5.41) is 3.64. The van der Waals surface area contributed by atoms with E-state index >= 15 is 0 Å². The predicted molar refractivity (Wildman–Crippen MR) is 107 cm³/mol. The van der Waals surface area contributed by atoms with Crippen LogP contribution in [0.3, 0.4) is 0 Å². The van der Waals surface area contributed by atoms with Gasteiger partial charge in [-0.3, -0.25) is 0 Å². The molecular formula is C21H28N2S. The maximum absolute atomic E-state index is 5.71.